The standard InChI is InChI=1S/C16H12F3N3O3/c1-8-13(15(23)24)10-6-9(2-3-12(10)25-8)22-7-11-14(16(17,18)19)21-5-4-20-11/h2-6,22H,7H2,1H3,(H,23,24). The van der Waals surface area contributed by atoms with Crippen LogP contribution in [0.15, 0.2) is 35.0 Å². The molecule has 130 valence electrons. The first kappa shape index (κ1) is 16.7. The Morgan fingerprint density at radius 1 is 1.28 bits per heavy atom. The lowest BCUT2D eigenvalue weighted by Crippen LogP contribution is -2.15. The average Bonchev–Trinajstić information content (AvgIpc) is 2.87. The SMILES string of the molecule is Cc1oc2ccc(NCc3nccnc3C(F)(F)F)cc2c1C(=O)O. The molecule has 0 radical (unpaired) electrons. The first-order valence-corrected chi connectivity index (χ1v) is 7.15. The second-order valence-corrected chi connectivity index (χ2v) is 5.25. The molecule has 0 amide bonds. The van der Waals surface area contributed by atoms with E-state index in [0.29, 0.717) is 16.7 Å². The lowest BCUT2D eigenvalue weighted by molar-refractivity contribution is -0.142. The largest absolute Gasteiger partial charge is 0.478 e. The van der Waals surface area contributed by atoms with Crippen LogP contribution in [0.3, 0.4) is 0 Å². The normalized spacial score (nSPS) is 11.7. The van der Waals surface area contributed by atoms with Gasteiger partial charge in [-0.15, -0.1) is 0 Å². The fourth-order valence-corrected chi connectivity index (χ4v) is 2.51. The van der Waals surface area contributed by atoms with Gasteiger partial charge in [0.25, 0.3) is 0 Å². The molecule has 0 unspecified atom stereocenters. The number of furan rings is 1. The lowest BCUT2D eigenvalue weighted by Gasteiger charge is -2.11. The number of nitrogens with one attached hydrogen (secondary N) is 1. The molecule has 2 N–H and O–H groups in total. The van der Waals surface area contributed by atoms with Crippen molar-refractivity contribution in [2.75, 3.05) is 5.32 Å². The molecule has 25 heavy (non-hydrogen) atoms. The number of hydrogen-bond acceptors (Lipinski definition) is 5. The summed E-state index contributed by atoms with van der Waals surface area (Å²) in [6.45, 7) is 1.32. The monoisotopic (exact) mass is 351 g/mol. The number of carboxylic acid groups (broad SMARTS) is 1. The van der Waals surface area contributed by atoms with E-state index in [0.717, 1.165) is 6.20 Å². The Morgan fingerprint density at radius 2 is 2.00 bits per heavy atom. The average molecular weight is 351 g/mol. The fraction of sp³-hybridized carbons (Fsp3) is 0.188. The molecule has 0 spiro atoms. The molecule has 6 nitrogen and oxygen atoms in total. The van der Waals surface area contributed by atoms with Crippen molar-refractivity contribution in [3.05, 3.63) is 53.3 Å². The molecule has 3 rings (SSSR count). The van der Waals surface area contributed by atoms with Crippen molar-refractivity contribution in [3.63, 3.8) is 0 Å². The van der Waals surface area contributed by atoms with Gasteiger partial charge in [-0.1, -0.05) is 0 Å². The Bertz CT molecular complexity index is 951. The van der Waals surface area contributed by atoms with Crippen LogP contribution in [0.2, 0.25) is 0 Å². The molecular weight excluding hydrogens is 339 g/mol. The van der Waals surface area contributed by atoms with Gasteiger partial charge >= 0.3 is 12.1 Å². The van der Waals surface area contributed by atoms with E-state index < -0.39 is 17.8 Å². The number of fused-ring (bicyclic) bond motifs is 1. The third kappa shape index (κ3) is 3.25. The fourth-order valence-electron chi connectivity index (χ4n) is 2.51. The van der Waals surface area contributed by atoms with E-state index in [1.807, 2.05) is 0 Å². The molecular formula is C16H12F3N3O3. The van der Waals surface area contributed by atoms with Gasteiger partial charge in [0.1, 0.15) is 16.9 Å². The first-order valence-electron chi connectivity index (χ1n) is 7.15. The first-order chi connectivity index (χ1) is 11.8. The number of halogens is 3. The number of carbonyl (C=O) groups is 1. The second-order valence-electron chi connectivity index (χ2n) is 5.25. The Balaban J connectivity index is 1.90. The number of alkyl halides is 3. The van der Waals surface area contributed by atoms with Gasteiger partial charge < -0.3 is 14.8 Å². The molecule has 0 aliphatic carbocycles. The van der Waals surface area contributed by atoms with Crippen LogP contribution in [0.25, 0.3) is 11.0 Å². The van der Waals surface area contributed by atoms with Crippen molar-refractivity contribution in [3.8, 4) is 0 Å². The minimum atomic E-state index is -4.60. The highest BCUT2D eigenvalue weighted by molar-refractivity contribution is 6.04. The predicted octanol–water partition coefficient (Wildman–Crippen LogP) is 3.86. The highest BCUT2D eigenvalue weighted by Gasteiger charge is 2.35. The van der Waals surface area contributed by atoms with E-state index in [2.05, 4.69) is 15.3 Å². The van der Waals surface area contributed by atoms with Crippen LogP contribution in [0.1, 0.15) is 27.5 Å². The van der Waals surface area contributed by atoms with Gasteiger partial charge in [-0.3, -0.25) is 4.98 Å². The number of benzene rings is 1. The smallest absolute Gasteiger partial charge is 0.435 e. The van der Waals surface area contributed by atoms with Crippen molar-refractivity contribution in [2.24, 2.45) is 0 Å². The van der Waals surface area contributed by atoms with Gasteiger partial charge in [0.15, 0.2) is 5.69 Å². The molecule has 0 aliphatic heterocycles. The highest BCUT2D eigenvalue weighted by Crippen LogP contribution is 2.31. The summed E-state index contributed by atoms with van der Waals surface area (Å²) in [6.07, 6.45) is -2.45. The van der Waals surface area contributed by atoms with Crippen LogP contribution in [-0.4, -0.2) is 21.0 Å². The number of rotatable bonds is 4. The van der Waals surface area contributed by atoms with E-state index >= 15 is 0 Å². The third-order valence-electron chi connectivity index (χ3n) is 3.58. The van der Waals surface area contributed by atoms with Crippen molar-refractivity contribution in [1.82, 2.24) is 9.97 Å². The van der Waals surface area contributed by atoms with Crippen molar-refractivity contribution < 1.29 is 27.5 Å². The molecule has 3 aromatic rings. The molecule has 0 saturated heterocycles. The summed E-state index contributed by atoms with van der Waals surface area (Å²) in [6, 6.07) is 4.65. The number of carboxylic acids is 1. The number of anilines is 1. The van der Waals surface area contributed by atoms with Crippen molar-refractivity contribution in [2.45, 2.75) is 19.6 Å². The third-order valence-corrected chi connectivity index (χ3v) is 3.58. The van der Waals surface area contributed by atoms with E-state index in [9.17, 15) is 23.1 Å². The number of aromatic carboxylic acids is 1. The number of aromatic nitrogens is 2. The summed E-state index contributed by atoms with van der Waals surface area (Å²) >= 11 is 0. The van der Waals surface area contributed by atoms with Gasteiger partial charge in [-0.05, 0) is 25.1 Å². The Morgan fingerprint density at radius 3 is 2.68 bits per heavy atom. The molecule has 2 heterocycles. The highest BCUT2D eigenvalue weighted by atomic mass is 19.4. The van der Waals surface area contributed by atoms with E-state index in [-0.39, 0.29) is 23.6 Å². The maximum atomic E-state index is 12.9. The molecule has 0 atom stereocenters. The topological polar surface area (TPSA) is 88.3 Å². The number of nitrogens with zero attached hydrogens (tertiary/aromatic N) is 2. The quantitative estimate of drug-likeness (QED) is 0.742. The van der Waals surface area contributed by atoms with Crippen LogP contribution in [0.5, 0.6) is 0 Å². The van der Waals surface area contributed by atoms with Gasteiger partial charge in [-0.2, -0.15) is 13.2 Å². The van der Waals surface area contributed by atoms with Gasteiger partial charge in [0.2, 0.25) is 0 Å². The Kier molecular flexibility index (Phi) is 4.07. The van der Waals surface area contributed by atoms with Crippen LogP contribution < -0.4 is 5.32 Å². The molecule has 0 saturated carbocycles. The Labute approximate surface area is 139 Å². The molecule has 1 aromatic carbocycles. The van der Waals surface area contributed by atoms with Crippen molar-refractivity contribution in [1.29, 1.82) is 0 Å². The van der Waals surface area contributed by atoms with Gasteiger partial charge in [-0.25, -0.2) is 9.78 Å². The number of hydrogen-bond donors (Lipinski definition) is 2. The van der Waals surface area contributed by atoms with Crippen LogP contribution in [0, 0.1) is 6.92 Å². The zero-order chi connectivity index (χ0) is 18.2. The maximum Gasteiger partial charge on any atom is 0.435 e. The molecule has 0 fully saturated rings. The molecule has 0 aliphatic rings. The minimum absolute atomic E-state index is 0.0223. The maximum absolute atomic E-state index is 12.9. The van der Waals surface area contributed by atoms with Crippen LogP contribution >= 0.6 is 0 Å². The summed E-state index contributed by atoms with van der Waals surface area (Å²) in [7, 11) is 0. The molecule has 0 bridgehead atoms. The summed E-state index contributed by atoms with van der Waals surface area (Å²) in [5.41, 5.74) is -0.467. The van der Waals surface area contributed by atoms with Crippen LogP contribution in [0.4, 0.5) is 18.9 Å². The summed E-state index contributed by atoms with van der Waals surface area (Å²) < 4.78 is 44.1. The summed E-state index contributed by atoms with van der Waals surface area (Å²) in [5.74, 6) is -0.880. The number of aryl methyl sites for hydroxylation is 1. The Hall–Kier alpha value is -3.10. The van der Waals surface area contributed by atoms with Crippen molar-refractivity contribution >= 4 is 22.6 Å². The summed E-state index contributed by atoms with van der Waals surface area (Å²) in [5, 5.41) is 12.4. The second kappa shape index (κ2) is 6.08. The lowest BCUT2D eigenvalue weighted by atomic mass is 10.1. The van der Waals surface area contributed by atoms with Gasteiger partial charge in [0.05, 0.1) is 12.2 Å². The van der Waals surface area contributed by atoms with Crippen LogP contribution in [-0.2, 0) is 12.7 Å². The van der Waals surface area contributed by atoms with E-state index in [1.165, 1.54) is 19.2 Å². The zero-order valence-corrected chi connectivity index (χ0v) is 12.9. The summed E-state index contributed by atoms with van der Waals surface area (Å²) in [4.78, 5) is 18.4. The molecule has 2 aromatic heterocycles. The predicted molar refractivity (Wildman–Crippen MR) is 82.3 cm³/mol. The van der Waals surface area contributed by atoms with E-state index in [4.69, 9.17) is 4.42 Å². The zero-order valence-electron chi connectivity index (χ0n) is 12.9. The minimum Gasteiger partial charge on any atom is -0.478 e. The van der Waals surface area contributed by atoms with Gasteiger partial charge in [0, 0.05) is 23.5 Å². The molecule has 9 heteroatoms. The van der Waals surface area contributed by atoms with E-state index in [1.54, 1.807) is 12.1 Å².